The molecule has 6 N–H and O–H groups in total. The zero-order valence-electron chi connectivity index (χ0n) is 14.7. The molecule has 1 saturated carbocycles. The summed E-state index contributed by atoms with van der Waals surface area (Å²) in [5.41, 5.74) is 9.29. The van der Waals surface area contributed by atoms with E-state index >= 15 is 0 Å². The van der Waals surface area contributed by atoms with E-state index in [4.69, 9.17) is 11.5 Å². The van der Waals surface area contributed by atoms with Crippen LogP contribution in [0.15, 0.2) is 24.3 Å². The maximum absolute atomic E-state index is 14.1. The van der Waals surface area contributed by atoms with Crippen LogP contribution in [-0.4, -0.2) is 16.4 Å². The first-order chi connectivity index (χ1) is 13.0. The Kier molecular flexibility index (Phi) is 4.81. The van der Waals surface area contributed by atoms with Crippen LogP contribution < -0.4 is 11.5 Å². The molecule has 0 spiro atoms. The molecule has 0 heterocycles. The molecule has 0 amide bonds. The first-order valence-corrected chi connectivity index (χ1v) is 8.59. The molecule has 9 heteroatoms. The number of aromatic hydroxyl groups is 2. The van der Waals surface area contributed by atoms with E-state index in [-0.39, 0.29) is 41.8 Å². The van der Waals surface area contributed by atoms with Crippen LogP contribution in [0, 0.1) is 17.6 Å². The monoisotopic (exact) mass is 402 g/mol. The van der Waals surface area contributed by atoms with E-state index in [0.717, 1.165) is 12.1 Å². The fraction of sp³-hybridized carbons (Fsp3) is 0.368. The highest BCUT2D eigenvalue weighted by Crippen LogP contribution is 2.52. The zero-order chi connectivity index (χ0) is 20.9. The van der Waals surface area contributed by atoms with Crippen LogP contribution in [0.4, 0.5) is 33.3 Å². The van der Waals surface area contributed by atoms with Crippen molar-refractivity contribution in [3.8, 4) is 11.5 Å². The Balaban J connectivity index is 2.26. The Morgan fingerprint density at radius 1 is 0.893 bits per heavy atom. The summed E-state index contributed by atoms with van der Waals surface area (Å²) < 4.78 is 68.7. The van der Waals surface area contributed by atoms with Gasteiger partial charge in [-0.3, -0.25) is 0 Å². The van der Waals surface area contributed by atoms with E-state index in [1.54, 1.807) is 0 Å². The van der Waals surface area contributed by atoms with Gasteiger partial charge in [-0.2, -0.15) is 13.2 Å². The molecule has 3 rings (SSSR count). The minimum absolute atomic E-state index is 0.0822. The molecule has 2 aromatic rings. The summed E-state index contributed by atoms with van der Waals surface area (Å²) in [4.78, 5) is 0. The van der Waals surface area contributed by atoms with Gasteiger partial charge in [0.25, 0.3) is 0 Å². The van der Waals surface area contributed by atoms with Gasteiger partial charge >= 0.3 is 6.18 Å². The van der Waals surface area contributed by atoms with E-state index in [9.17, 15) is 32.2 Å². The number of halogens is 5. The van der Waals surface area contributed by atoms with Gasteiger partial charge in [-0.25, -0.2) is 8.78 Å². The summed E-state index contributed by atoms with van der Waals surface area (Å²) in [5, 5.41) is 19.2. The van der Waals surface area contributed by atoms with Crippen LogP contribution in [0.2, 0.25) is 0 Å². The molecule has 1 atom stereocenters. The van der Waals surface area contributed by atoms with Crippen molar-refractivity contribution in [2.45, 2.75) is 37.3 Å². The van der Waals surface area contributed by atoms with Crippen molar-refractivity contribution >= 4 is 11.4 Å². The summed E-state index contributed by atoms with van der Waals surface area (Å²) in [6.07, 6.45) is -4.77. The molecule has 1 aliphatic rings. The lowest BCUT2D eigenvalue weighted by molar-refractivity contribution is -0.186. The van der Waals surface area contributed by atoms with Crippen LogP contribution in [0.5, 0.6) is 11.5 Å². The van der Waals surface area contributed by atoms with Crippen molar-refractivity contribution in [3.63, 3.8) is 0 Å². The predicted octanol–water partition coefficient (Wildman–Crippen LogP) is 4.58. The number of phenols is 2. The Morgan fingerprint density at radius 3 is 1.75 bits per heavy atom. The molecule has 0 aromatic heterocycles. The maximum Gasteiger partial charge on any atom is 0.391 e. The summed E-state index contributed by atoms with van der Waals surface area (Å²) in [5.74, 6) is -5.49. The van der Waals surface area contributed by atoms with E-state index in [1.807, 2.05) is 0 Å². The highest BCUT2D eigenvalue weighted by molar-refractivity contribution is 5.60. The first kappa shape index (κ1) is 20.0. The second-order valence-electron chi connectivity index (χ2n) is 7.21. The number of rotatable bonds is 2. The van der Waals surface area contributed by atoms with E-state index < -0.39 is 47.1 Å². The number of nitrogens with two attached hydrogens (primary N) is 2. The third-order valence-electron chi connectivity index (χ3n) is 5.50. The average Bonchev–Trinajstić information content (AvgIpc) is 2.62. The third-order valence-corrected chi connectivity index (χ3v) is 5.50. The number of hydrogen-bond donors (Lipinski definition) is 4. The van der Waals surface area contributed by atoms with Crippen molar-refractivity contribution < 1.29 is 32.2 Å². The molecule has 0 radical (unpaired) electrons. The fourth-order valence-corrected chi connectivity index (χ4v) is 4.04. The lowest BCUT2D eigenvalue weighted by atomic mass is 9.62. The SMILES string of the molecule is Nc1cc(C2(c3cc(N)c(O)c(F)c3)CCCC(C(F)(F)F)C2)cc(F)c1O. The molecule has 1 unspecified atom stereocenters. The number of phenolic OH excluding ortho intramolecular Hbond substituents is 2. The standard InChI is InChI=1S/C19H19F5N2O2/c20-12-4-10(6-14(25)16(12)27)18(3-1-2-9(8-18)19(22,23)24)11-5-13(21)17(28)15(26)7-11/h4-7,9,27-28H,1-3,8,25-26H2. The molecule has 2 aromatic carbocycles. The topological polar surface area (TPSA) is 92.5 Å². The van der Waals surface area contributed by atoms with Crippen LogP contribution in [-0.2, 0) is 5.41 Å². The minimum atomic E-state index is -4.49. The lowest BCUT2D eigenvalue weighted by Crippen LogP contribution is -2.39. The number of benzene rings is 2. The van der Waals surface area contributed by atoms with Crippen molar-refractivity contribution in [1.82, 2.24) is 0 Å². The Morgan fingerprint density at radius 2 is 1.36 bits per heavy atom. The van der Waals surface area contributed by atoms with Crippen LogP contribution in [0.25, 0.3) is 0 Å². The number of nitrogen functional groups attached to an aromatic ring is 2. The van der Waals surface area contributed by atoms with E-state index in [2.05, 4.69) is 0 Å². The minimum Gasteiger partial charge on any atom is -0.503 e. The van der Waals surface area contributed by atoms with Crippen molar-refractivity contribution in [1.29, 1.82) is 0 Å². The second kappa shape index (κ2) is 6.72. The molecule has 1 aliphatic carbocycles. The third kappa shape index (κ3) is 3.29. The van der Waals surface area contributed by atoms with Gasteiger partial charge in [0.1, 0.15) is 0 Å². The summed E-state index contributed by atoms with van der Waals surface area (Å²) in [6.45, 7) is 0. The molecular weight excluding hydrogens is 383 g/mol. The quantitative estimate of drug-likeness (QED) is 0.336. The molecule has 1 fully saturated rings. The van der Waals surface area contributed by atoms with Crippen molar-refractivity contribution in [2.24, 2.45) is 5.92 Å². The van der Waals surface area contributed by atoms with Gasteiger partial charge in [0.2, 0.25) is 0 Å². The maximum atomic E-state index is 14.1. The largest absolute Gasteiger partial charge is 0.503 e. The van der Waals surface area contributed by atoms with Gasteiger partial charge in [0, 0.05) is 5.41 Å². The van der Waals surface area contributed by atoms with Crippen LogP contribution >= 0.6 is 0 Å². The first-order valence-electron chi connectivity index (χ1n) is 8.59. The van der Waals surface area contributed by atoms with Crippen molar-refractivity contribution in [3.05, 3.63) is 47.0 Å². The molecular formula is C19H19F5N2O2. The van der Waals surface area contributed by atoms with E-state index in [0.29, 0.717) is 0 Å². The lowest BCUT2D eigenvalue weighted by Gasteiger charge is -2.43. The summed E-state index contributed by atoms with van der Waals surface area (Å²) in [7, 11) is 0. The van der Waals surface area contributed by atoms with Gasteiger partial charge in [0.05, 0.1) is 17.3 Å². The molecule has 0 aliphatic heterocycles. The molecule has 152 valence electrons. The normalized spacial score (nSPS) is 19.5. The zero-order valence-corrected chi connectivity index (χ0v) is 14.7. The number of alkyl halides is 3. The molecule has 28 heavy (non-hydrogen) atoms. The van der Waals surface area contributed by atoms with Gasteiger partial charge in [-0.05, 0) is 54.7 Å². The van der Waals surface area contributed by atoms with Gasteiger partial charge in [-0.15, -0.1) is 0 Å². The highest BCUT2D eigenvalue weighted by Gasteiger charge is 2.49. The Hall–Kier alpha value is -2.71. The van der Waals surface area contributed by atoms with E-state index in [1.165, 1.54) is 12.1 Å². The van der Waals surface area contributed by atoms with Crippen LogP contribution in [0.1, 0.15) is 36.8 Å². The Labute approximate surface area is 157 Å². The molecule has 0 bridgehead atoms. The van der Waals surface area contributed by atoms with Gasteiger partial charge in [0.15, 0.2) is 23.1 Å². The van der Waals surface area contributed by atoms with Gasteiger partial charge in [-0.1, -0.05) is 6.42 Å². The van der Waals surface area contributed by atoms with Gasteiger partial charge < -0.3 is 21.7 Å². The predicted molar refractivity (Wildman–Crippen MR) is 93.7 cm³/mol. The average molecular weight is 402 g/mol. The molecule has 0 saturated heterocycles. The number of hydrogen-bond acceptors (Lipinski definition) is 4. The summed E-state index contributed by atoms with van der Waals surface area (Å²) >= 11 is 0. The second-order valence-corrected chi connectivity index (χ2v) is 7.21. The fourth-order valence-electron chi connectivity index (χ4n) is 4.04. The highest BCUT2D eigenvalue weighted by atomic mass is 19.4. The number of anilines is 2. The summed E-state index contributed by atoms with van der Waals surface area (Å²) in [6, 6.07) is 4.20. The Bertz CT molecular complexity index is 810. The smallest absolute Gasteiger partial charge is 0.391 e. The molecule has 4 nitrogen and oxygen atoms in total. The van der Waals surface area contributed by atoms with Crippen molar-refractivity contribution in [2.75, 3.05) is 11.5 Å². The van der Waals surface area contributed by atoms with Crippen LogP contribution in [0.3, 0.4) is 0 Å².